The molecule has 0 aliphatic heterocycles. The molecule has 0 aliphatic rings. The molecule has 0 fully saturated rings. The van der Waals surface area contributed by atoms with Crippen molar-refractivity contribution in [3.8, 4) is 5.75 Å². The summed E-state index contributed by atoms with van der Waals surface area (Å²) in [5.74, 6) is 0.163. The van der Waals surface area contributed by atoms with E-state index in [-0.39, 0.29) is 12.0 Å². The van der Waals surface area contributed by atoms with E-state index >= 15 is 0 Å². The van der Waals surface area contributed by atoms with E-state index in [2.05, 4.69) is 33.0 Å². The molecule has 1 unspecified atom stereocenters. The second kappa shape index (κ2) is 5.76. The van der Waals surface area contributed by atoms with E-state index in [1.54, 1.807) is 6.07 Å². The molecule has 0 saturated carbocycles. The number of benzene rings is 1. The zero-order valence-electron chi connectivity index (χ0n) is 11.5. The first-order chi connectivity index (χ1) is 8.29. The van der Waals surface area contributed by atoms with Crippen molar-refractivity contribution in [3.05, 3.63) is 24.3 Å². The van der Waals surface area contributed by atoms with Crippen LogP contribution in [0, 0.1) is 5.41 Å². The van der Waals surface area contributed by atoms with Crippen LogP contribution in [0.3, 0.4) is 0 Å². The van der Waals surface area contributed by atoms with Crippen molar-refractivity contribution in [1.29, 1.82) is 0 Å². The van der Waals surface area contributed by atoms with Gasteiger partial charge < -0.3 is 15.8 Å². The molecule has 100 valence electrons. The van der Waals surface area contributed by atoms with Crippen molar-refractivity contribution in [3.63, 3.8) is 0 Å². The van der Waals surface area contributed by atoms with Gasteiger partial charge in [-0.25, -0.2) is 0 Å². The first-order valence-corrected chi connectivity index (χ1v) is 6.07. The lowest BCUT2D eigenvalue weighted by molar-refractivity contribution is -0.119. The van der Waals surface area contributed by atoms with Gasteiger partial charge in [-0.05, 0) is 24.5 Å². The summed E-state index contributed by atoms with van der Waals surface area (Å²) in [6.07, 6.45) is 0. The third-order valence-electron chi connectivity index (χ3n) is 2.90. The minimum atomic E-state index is -0.476. The van der Waals surface area contributed by atoms with Crippen LogP contribution in [0.5, 0.6) is 5.75 Å². The van der Waals surface area contributed by atoms with E-state index in [0.717, 1.165) is 5.69 Å². The van der Waals surface area contributed by atoms with Crippen molar-refractivity contribution in [2.24, 2.45) is 11.1 Å². The van der Waals surface area contributed by atoms with E-state index in [1.165, 1.54) is 0 Å². The fraction of sp³-hybridized carbons (Fsp3) is 0.500. The number of nitrogens with two attached hydrogens (primary N) is 1. The van der Waals surface area contributed by atoms with Crippen LogP contribution in [0.4, 0.5) is 5.69 Å². The van der Waals surface area contributed by atoms with Crippen molar-refractivity contribution in [2.75, 3.05) is 11.9 Å². The van der Waals surface area contributed by atoms with Gasteiger partial charge in [0.05, 0.1) is 0 Å². The van der Waals surface area contributed by atoms with E-state index in [9.17, 15) is 4.79 Å². The van der Waals surface area contributed by atoms with Crippen LogP contribution in [0.1, 0.15) is 27.7 Å². The summed E-state index contributed by atoms with van der Waals surface area (Å²) in [6.45, 7) is 8.57. The van der Waals surface area contributed by atoms with Gasteiger partial charge in [0.1, 0.15) is 5.75 Å². The van der Waals surface area contributed by atoms with Gasteiger partial charge in [-0.3, -0.25) is 4.79 Å². The third kappa shape index (κ3) is 4.65. The third-order valence-corrected chi connectivity index (χ3v) is 2.90. The zero-order valence-corrected chi connectivity index (χ0v) is 11.5. The van der Waals surface area contributed by atoms with E-state index < -0.39 is 5.91 Å². The predicted molar refractivity (Wildman–Crippen MR) is 73.7 cm³/mol. The number of anilines is 1. The average Bonchev–Trinajstić information content (AvgIpc) is 2.25. The highest BCUT2D eigenvalue weighted by Crippen LogP contribution is 2.24. The van der Waals surface area contributed by atoms with Crippen LogP contribution in [0.15, 0.2) is 24.3 Å². The SMILES string of the molecule is CC(Nc1cccc(OCC(N)=O)c1)C(C)(C)C. The van der Waals surface area contributed by atoms with Crippen molar-refractivity contribution in [2.45, 2.75) is 33.7 Å². The predicted octanol–water partition coefficient (Wildman–Crippen LogP) is 2.40. The Morgan fingerprint density at radius 3 is 2.67 bits per heavy atom. The molecule has 1 amide bonds. The van der Waals surface area contributed by atoms with Crippen LogP contribution in [-0.2, 0) is 4.79 Å². The van der Waals surface area contributed by atoms with Gasteiger partial charge in [-0.1, -0.05) is 26.8 Å². The summed E-state index contributed by atoms with van der Waals surface area (Å²) >= 11 is 0. The van der Waals surface area contributed by atoms with Gasteiger partial charge in [0, 0.05) is 17.8 Å². The van der Waals surface area contributed by atoms with Crippen molar-refractivity contribution < 1.29 is 9.53 Å². The molecule has 0 heterocycles. The largest absolute Gasteiger partial charge is 0.484 e. The highest BCUT2D eigenvalue weighted by Gasteiger charge is 2.19. The number of carbonyl (C=O) groups is 1. The maximum atomic E-state index is 10.6. The van der Waals surface area contributed by atoms with Crippen LogP contribution in [0.25, 0.3) is 0 Å². The number of nitrogens with one attached hydrogen (secondary N) is 1. The normalized spacial score (nSPS) is 12.9. The second-order valence-corrected chi connectivity index (χ2v) is 5.51. The van der Waals surface area contributed by atoms with Gasteiger partial charge in [0.15, 0.2) is 6.61 Å². The Balaban J connectivity index is 2.67. The lowest BCUT2D eigenvalue weighted by Crippen LogP contribution is -2.30. The molecule has 1 rings (SSSR count). The van der Waals surface area contributed by atoms with Gasteiger partial charge in [0.2, 0.25) is 0 Å². The molecular weight excluding hydrogens is 228 g/mol. The monoisotopic (exact) mass is 250 g/mol. The number of ether oxygens (including phenoxy) is 1. The Bertz CT molecular complexity index is 411. The number of hydrogen-bond acceptors (Lipinski definition) is 3. The number of hydrogen-bond donors (Lipinski definition) is 2. The van der Waals surface area contributed by atoms with Gasteiger partial charge in [-0.2, -0.15) is 0 Å². The van der Waals surface area contributed by atoms with E-state index in [4.69, 9.17) is 10.5 Å². The van der Waals surface area contributed by atoms with Crippen LogP contribution >= 0.6 is 0 Å². The summed E-state index contributed by atoms with van der Waals surface area (Å²) in [5, 5.41) is 3.41. The summed E-state index contributed by atoms with van der Waals surface area (Å²) in [7, 11) is 0. The summed E-state index contributed by atoms with van der Waals surface area (Å²) in [4.78, 5) is 10.6. The molecule has 0 radical (unpaired) electrons. The molecule has 1 atom stereocenters. The lowest BCUT2D eigenvalue weighted by atomic mass is 9.88. The molecule has 0 aromatic heterocycles. The zero-order chi connectivity index (χ0) is 13.8. The Hall–Kier alpha value is -1.71. The fourth-order valence-electron chi connectivity index (χ4n) is 1.30. The highest BCUT2D eigenvalue weighted by atomic mass is 16.5. The topological polar surface area (TPSA) is 64.3 Å². The molecule has 0 saturated heterocycles. The Morgan fingerprint density at radius 1 is 1.44 bits per heavy atom. The lowest BCUT2D eigenvalue weighted by Gasteiger charge is -2.29. The maximum Gasteiger partial charge on any atom is 0.255 e. The first-order valence-electron chi connectivity index (χ1n) is 6.07. The molecule has 4 heteroatoms. The molecule has 3 N–H and O–H groups in total. The van der Waals surface area contributed by atoms with Crippen molar-refractivity contribution in [1.82, 2.24) is 0 Å². The molecule has 1 aromatic carbocycles. The minimum Gasteiger partial charge on any atom is -0.484 e. The summed E-state index contributed by atoms with van der Waals surface area (Å²) < 4.78 is 5.26. The smallest absolute Gasteiger partial charge is 0.255 e. The minimum absolute atomic E-state index is 0.0989. The first kappa shape index (κ1) is 14.4. The highest BCUT2D eigenvalue weighted by molar-refractivity contribution is 5.75. The maximum absolute atomic E-state index is 10.6. The summed E-state index contributed by atoms with van der Waals surface area (Å²) in [5.41, 5.74) is 6.18. The molecule has 18 heavy (non-hydrogen) atoms. The Morgan fingerprint density at radius 2 is 2.11 bits per heavy atom. The van der Waals surface area contributed by atoms with E-state index in [1.807, 2.05) is 18.2 Å². The van der Waals surface area contributed by atoms with Gasteiger partial charge in [0.25, 0.3) is 5.91 Å². The van der Waals surface area contributed by atoms with Crippen LogP contribution in [-0.4, -0.2) is 18.6 Å². The molecule has 1 aromatic rings. The molecule has 0 aliphatic carbocycles. The van der Waals surface area contributed by atoms with Crippen LogP contribution in [0.2, 0.25) is 0 Å². The van der Waals surface area contributed by atoms with Gasteiger partial charge in [-0.15, -0.1) is 0 Å². The van der Waals surface area contributed by atoms with Gasteiger partial charge >= 0.3 is 0 Å². The number of primary amides is 1. The van der Waals surface area contributed by atoms with Crippen LogP contribution < -0.4 is 15.8 Å². The quantitative estimate of drug-likeness (QED) is 0.843. The standard InChI is InChI=1S/C14H22N2O2/c1-10(14(2,3)4)16-11-6-5-7-12(8-11)18-9-13(15)17/h5-8,10,16H,9H2,1-4H3,(H2,15,17). The molecular formula is C14H22N2O2. The van der Waals surface area contributed by atoms with Crippen molar-refractivity contribution >= 4 is 11.6 Å². The molecule has 4 nitrogen and oxygen atoms in total. The molecule has 0 bridgehead atoms. The number of carbonyl (C=O) groups excluding carboxylic acids is 1. The Kier molecular flexibility index (Phi) is 4.59. The Labute approximate surface area is 109 Å². The fourth-order valence-corrected chi connectivity index (χ4v) is 1.30. The summed E-state index contributed by atoms with van der Waals surface area (Å²) in [6, 6.07) is 7.85. The molecule has 0 spiro atoms. The number of amides is 1. The average molecular weight is 250 g/mol. The second-order valence-electron chi connectivity index (χ2n) is 5.51. The van der Waals surface area contributed by atoms with E-state index in [0.29, 0.717) is 11.8 Å². The number of rotatable bonds is 5.